The maximum Gasteiger partial charge on any atom is 0.308 e. The summed E-state index contributed by atoms with van der Waals surface area (Å²) >= 11 is 0. The molecule has 0 spiro atoms. The van der Waals surface area contributed by atoms with Crippen LogP contribution in [0.15, 0.2) is 24.3 Å². The van der Waals surface area contributed by atoms with Crippen molar-refractivity contribution < 1.29 is 19.1 Å². The first-order chi connectivity index (χ1) is 9.95. The van der Waals surface area contributed by atoms with Gasteiger partial charge in [-0.3, -0.25) is 9.59 Å². The number of nitrogens with zero attached hydrogens (tertiary/aromatic N) is 1. The highest BCUT2D eigenvalue weighted by atomic mass is 19.1. The molecule has 1 saturated carbocycles. The van der Waals surface area contributed by atoms with Crippen molar-refractivity contribution in [2.45, 2.75) is 25.2 Å². The Morgan fingerprint density at radius 3 is 2.48 bits per heavy atom. The van der Waals surface area contributed by atoms with Crippen LogP contribution in [0.5, 0.6) is 0 Å². The molecule has 1 amide bonds. The Kier molecular flexibility index (Phi) is 3.23. The summed E-state index contributed by atoms with van der Waals surface area (Å²) in [6.45, 7) is 2.51. The zero-order valence-electron chi connectivity index (χ0n) is 11.9. The van der Waals surface area contributed by atoms with Gasteiger partial charge in [-0.2, -0.15) is 0 Å². The predicted octanol–water partition coefficient (Wildman–Crippen LogP) is 2.04. The molecule has 3 rings (SSSR count). The van der Waals surface area contributed by atoms with E-state index < -0.39 is 17.3 Å². The van der Waals surface area contributed by atoms with E-state index in [1.165, 1.54) is 6.07 Å². The van der Waals surface area contributed by atoms with Crippen LogP contribution in [-0.4, -0.2) is 35.0 Å². The lowest BCUT2D eigenvalue weighted by Gasteiger charge is -2.23. The van der Waals surface area contributed by atoms with E-state index in [0.29, 0.717) is 24.9 Å². The van der Waals surface area contributed by atoms with Gasteiger partial charge in [0.15, 0.2) is 0 Å². The lowest BCUT2D eigenvalue weighted by Crippen LogP contribution is -2.38. The molecule has 21 heavy (non-hydrogen) atoms. The largest absolute Gasteiger partial charge is 0.481 e. The first kappa shape index (κ1) is 14.0. The number of hydrogen-bond acceptors (Lipinski definition) is 2. The number of carbonyl (C=O) groups excluding carboxylic acids is 1. The summed E-state index contributed by atoms with van der Waals surface area (Å²) in [6, 6.07) is 6.37. The second-order valence-electron chi connectivity index (χ2n) is 6.19. The molecule has 5 heteroatoms. The van der Waals surface area contributed by atoms with Crippen LogP contribution in [0.3, 0.4) is 0 Å². The number of carbonyl (C=O) groups is 2. The average Bonchev–Trinajstić information content (AvgIpc) is 3.15. The fourth-order valence-corrected chi connectivity index (χ4v) is 3.33. The van der Waals surface area contributed by atoms with Crippen LogP contribution in [0.4, 0.5) is 4.39 Å². The third-order valence-corrected chi connectivity index (χ3v) is 4.77. The van der Waals surface area contributed by atoms with Crippen LogP contribution >= 0.6 is 0 Å². The molecular weight excluding hydrogens is 273 g/mol. The Morgan fingerprint density at radius 1 is 1.29 bits per heavy atom. The predicted molar refractivity (Wildman–Crippen MR) is 74.2 cm³/mol. The van der Waals surface area contributed by atoms with Gasteiger partial charge in [-0.25, -0.2) is 4.39 Å². The van der Waals surface area contributed by atoms with E-state index in [-0.39, 0.29) is 24.2 Å². The summed E-state index contributed by atoms with van der Waals surface area (Å²) < 4.78 is 14.0. The Bertz CT molecular complexity index is 597. The van der Waals surface area contributed by atoms with Crippen LogP contribution in [-0.2, 0) is 15.0 Å². The lowest BCUT2D eigenvalue weighted by molar-refractivity contribution is -0.142. The van der Waals surface area contributed by atoms with E-state index in [9.17, 15) is 14.0 Å². The number of benzene rings is 1. The summed E-state index contributed by atoms with van der Waals surface area (Å²) in [6.07, 6.45) is 1.27. The maximum atomic E-state index is 14.0. The highest BCUT2D eigenvalue weighted by Gasteiger charge is 2.55. The van der Waals surface area contributed by atoms with Gasteiger partial charge in [0.1, 0.15) is 5.82 Å². The first-order valence-corrected chi connectivity index (χ1v) is 7.23. The van der Waals surface area contributed by atoms with Crippen LogP contribution in [0.1, 0.15) is 25.3 Å². The Morgan fingerprint density at radius 2 is 1.95 bits per heavy atom. The molecule has 2 fully saturated rings. The van der Waals surface area contributed by atoms with Crippen molar-refractivity contribution in [3.8, 4) is 0 Å². The molecule has 0 bridgehead atoms. The minimum atomic E-state index is -0.867. The fourth-order valence-electron chi connectivity index (χ4n) is 3.33. The normalized spacial score (nSPS) is 26.7. The quantitative estimate of drug-likeness (QED) is 0.927. The molecule has 2 atom stereocenters. The number of amides is 1. The minimum absolute atomic E-state index is 0.0668. The topological polar surface area (TPSA) is 57.6 Å². The van der Waals surface area contributed by atoms with Gasteiger partial charge in [0.25, 0.3) is 0 Å². The van der Waals surface area contributed by atoms with Gasteiger partial charge < -0.3 is 10.0 Å². The van der Waals surface area contributed by atoms with Crippen LogP contribution in [0.2, 0.25) is 0 Å². The first-order valence-electron chi connectivity index (χ1n) is 7.23. The number of aliphatic carboxylic acids is 1. The molecule has 1 aromatic rings. The number of carboxylic acid groups (broad SMARTS) is 1. The van der Waals surface area contributed by atoms with E-state index in [0.717, 1.165) is 0 Å². The van der Waals surface area contributed by atoms with Gasteiger partial charge in [-0.1, -0.05) is 25.1 Å². The zero-order valence-corrected chi connectivity index (χ0v) is 11.9. The Labute approximate surface area is 122 Å². The minimum Gasteiger partial charge on any atom is -0.481 e. The summed E-state index contributed by atoms with van der Waals surface area (Å²) in [5, 5.41) is 9.16. The number of hydrogen-bond donors (Lipinski definition) is 1. The van der Waals surface area contributed by atoms with Crippen LogP contribution in [0.25, 0.3) is 0 Å². The highest BCUT2D eigenvalue weighted by molar-refractivity contribution is 5.92. The molecule has 2 aliphatic rings. The summed E-state index contributed by atoms with van der Waals surface area (Å²) in [5.74, 6) is -1.93. The number of likely N-dealkylation sites (tertiary alicyclic amines) is 1. The molecule has 1 heterocycles. The van der Waals surface area contributed by atoms with E-state index in [4.69, 9.17) is 5.11 Å². The number of carboxylic acids is 1. The van der Waals surface area contributed by atoms with Gasteiger partial charge in [0.2, 0.25) is 5.91 Å². The molecule has 112 valence electrons. The molecule has 0 unspecified atom stereocenters. The van der Waals surface area contributed by atoms with Gasteiger partial charge in [0.05, 0.1) is 11.3 Å². The third-order valence-electron chi connectivity index (χ3n) is 4.77. The van der Waals surface area contributed by atoms with Crippen molar-refractivity contribution in [2.24, 2.45) is 11.8 Å². The second kappa shape index (κ2) is 4.83. The van der Waals surface area contributed by atoms with Crippen LogP contribution in [0, 0.1) is 17.7 Å². The third kappa shape index (κ3) is 2.20. The SMILES string of the molecule is C[C@@H]1CN(C(=O)C2(c3ccccc3F)CC2)C[C@H]1C(=O)O. The summed E-state index contributed by atoms with van der Waals surface area (Å²) in [7, 11) is 0. The van der Waals surface area contributed by atoms with E-state index in [1.54, 1.807) is 23.1 Å². The molecule has 1 aromatic carbocycles. The van der Waals surface area contributed by atoms with Crippen molar-refractivity contribution in [2.75, 3.05) is 13.1 Å². The monoisotopic (exact) mass is 291 g/mol. The molecular formula is C16H18FNO3. The maximum absolute atomic E-state index is 14.0. The Balaban J connectivity index is 1.84. The number of rotatable bonds is 3. The summed E-state index contributed by atoms with van der Waals surface area (Å²) in [5.41, 5.74) is -0.320. The standard InChI is InChI=1S/C16H18FNO3/c1-10-8-18(9-11(10)14(19)20)15(21)16(6-7-16)12-4-2-3-5-13(12)17/h2-5,10-11H,6-9H2,1H3,(H,19,20)/t10-,11-/m1/s1. The number of halogens is 1. The van der Waals surface area contributed by atoms with Gasteiger partial charge in [0, 0.05) is 18.7 Å². The fraction of sp³-hybridized carbons (Fsp3) is 0.500. The molecule has 1 aliphatic carbocycles. The smallest absolute Gasteiger partial charge is 0.308 e. The van der Waals surface area contributed by atoms with Crippen molar-refractivity contribution >= 4 is 11.9 Å². The van der Waals surface area contributed by atoms with Crippen molar-refractivity contribution in [3.05, 3.63) is 35.6 Å². The summed E-state index contributed by atoms with van der Waals surface area (Å²) in [4.78, 5) is 25.5. The molecule has 0 radical (unpaired) electrons. The lowest BCUT2D eigenvalue weighted by atomic mass is 9.94. The van der Waals surface area contributed by atoms with E-state index >= 15 is 0 Å². The average molecular weight is 291 g/mol. The van der Waals surface area contributed by atoms with E-state index in [2.05, 4.69) is 0 Å². The van der Waals surface area contributed by atoms with Gasteiger partial charge >= 0.3 is 5.97 Å². The highest BCUT2D eigenvalue weighted by Crippen LogP contribution is 2.51. The van der Waals surface area contributed by atoms with Crippen molar-refractivity contribution in [1.29, 1.82) is 0 Å². The molecule has 1 N–H and O–H groups in total. The molecule has 0 aromatic heterocycles. The van der Waals surface area contributed by atoms with Gasteiger partial charge in [-0.05, 0) is 24.8 Å². The second-order valence-corrected chi connectivity index (χ2v) is 6.19. The molecule has 1 saturated heterocycles. The zero-order chi connectivity index (χ0) is 15.2. The van der Waals surface area contributed by atoms with Crippen molar-refractivity contribution in [1.82, 2.24) is 4.90 Å². The van der Waals surface area contributed by atoms with Crippen molar-refractivity contribution in [3.63, 3.8) is 0 Å². The molecule has 4 nitrogen and oxygen atoms in total. The van der Waals surface area contributed by atoms with E-state index in [1.807, 2.05) is 6.92 Å². The van der Waals surface area contributed by atoms with Gasteiger partial charge in [-0.15, -0.1) is 0 Å². The Hall–Kier alpha value is -1.91. The molecule has 1 aliphatic heterocycles. The van der Waals surface area contributed by atoms with Crippen LogP contribution < -0.4 is 0 Å².